The normalized spacial score (nSPS) is 16.3. The molecule has 24 heavy (non-hydrogen) atoms. The van der Waals surface area contributed by atoms with Gasteiger partial charge in [-0.25, -0.2) is 4.98 Å². The summed E-state index contributed by atoms with van der Waals surface area (Å²) in [5, 5.41) is 0.903. The van der Waals surface area contributed by atoms with Crippen LogP contribution in [-0.2, 0) is 16.1 Å². The SMILES string of the molecule is CCn1c(SC(C)C(=O)N2CCOCC2)nc2ccccc2c1=O. The van der Waals surface area contributed by atoms with Crippen LogP contribution in [0.4, 0.5) is 0 Å². The summed E-state index contributed by atoms with van der Waals surface area (Å²) in [4.78, 5) is 31.6. The Balaban J connectivity index is 1.88. The van der Waals surface area contributed by atoms with Crippen LogP contribution in [0.25, 0.3) is 10.9 Å². The molecule has 2 heterocycles. The van der Waals surface area contributed by atoms with E-state index < -0.39 is 0 Å². The van der Waals surface area contributed by atoms with Gasteiger partial charge in [-0.2, -0.15) is 0 Å². The van der Waals surface area contributed by atoms with Crippen molar-refractivity contribution >= 4 is 28.6 Å². The molecule has 1 aliphatic rings. The zero-order valence-electron chi connectivity index (χ0n) is 13.9. The molecular formula is C17H21N3O3S. The zero-order valence-corrected chi connectivity index (χ0v) is 14.7. The van der Waals surface area contributed by atoms with Gasteiger partial charge in [-0.05, 0) is 26.0 Å². The van der Waals surface area contributed by atoms with E-state index >= 15 is 0 Å². The Morgan fingerprint density at radius 2 is 2.04 bits per heavy atom. The molecule has 1 aromatic heterocycles. The molecule has 1 amide bonds. The number of amides is 1. The van der Waals surface area contributed by atoms with Gasteiger partial charge in [-0.1, -0.05) is 23.9 Å². The lowest BCUT2D eigenvalue weighted by molar-refractivity contribution is -0.134. The summed E-state index contributed by atoms with van der Waals surface area (Å²) >= 11 is 1.35. The Labute approximate surface area is 144 Å². The minimum atomic E-state index is -0.297. The van der Waals surface area contributed by atoms with Crippen LogP contribution in [0.2, 0.25) is 0 Å². The summed E-state index contributed by atoms with van der Waals surface area (Å²) < 4.78 is 6.92. The maximum Gasteiger partial charge on any atom is 0.262 e. The highest BCUT2D eigenvalue weighted by Crippen LogP contribution is 2.24. The number of thioether (sulfide) groups is 1. The monoisotopic (exact) mass is 347 g/mol. The molecule has 128 valence electrons. The van der Waals surface area contributed by atoms with Crippen molar-refractivity contribution in [3.05, 3.63) is 34.6 Å². The second kappa shape index (κ2) is 7.36. The number of hydrogen-bond donors (Lipinski definition) is 0. The van der Waals surface area contributed by atoms with Crippen molar-refractivity contribution in [1.29, 1.82) is 0 Å². The largest absolute Gasteiger partial charge is 0.378 e. The van der Waals surface area contributed by atoms with Crippen molar-refractivity contribution in [2.24, 2.45) is 0 Å². The van der Waals surface area contributed by atoms with E-state index in [2.05, 4.69) is 4.98 Å². The zero-order chi connectivity index (χ0) is 17.1. The predicted molar refractivity (Wildman–Crippen MR) is 94.4 cm³/mol. The maximum absolute atomic E-state index is 12.6. The Morgan fingerprint density at radius 1 is 1.33 bits per heavy atom. The number of carbonyl (C=O) groups excluding carboxylic acids is 1. The quantitative estimate of drug-likeness (QED) is 0.623. The van der Waals surface area contributed by atoms with E-state index in [1.165, 1.54) is 11.8 Å². The Bertz CT molecular complexity index is 799. The lowest BCUT2D eigenvalue weighted by atomic mass is 10.2. The standard InChI is InChI=1S/C17H21N3O3S/c1-3-20-16(22)13-6-4-5-7-14(13)18-17(20)24-12(2)15(21)19-8-10-23-11-9-19/h4-7,12H,3,8-11H2,1-2H3. The van der Waals surface area contributed by atoms with Gasteiger partial charge in [-0.15, -0.1) is 0 Å². The van der Waals surface area contributed by atoms with E-state index in [1.807, 2.05) is 36.9 Å². The molecule has 0 aliphatic carbocycles. The van der Waals surface area contributed by atoms with E-state index in [9.17, 15) is 9.59 Å². The number of nitrogens with zero attached hydrogens (tertiary/aromatic N) is 3. The molecule has 3 rings (SSSR count). The molecule has 1 aliphatic heterocycles. The van der Waals surface area contributed by atoms with Crippen molar-refractivity contribution in [3.8, 4) is 0 Å². The lowest BCUT2D eigenvalue weighted by Crippen LogP contribution is -2.44. The van der Waals surface area contributed by atoms with Gasteiger partial charge in [0, 0.05) is 19.6 Å². The van der Waals surface area contributed by atoms with E-state index in [1.54, 1.807) is 10.6 Å². The third-order valence-corrected chi connectivity index (χ3v) is 5.17. The summed E-state index contributed by atoms with van der Waals surface area (Å²) in [5.74, 6) is 0.0633. The molecule has 0 N–H and O–H groups in total. The fourth-order valence-electron chi connectivity index (χ4n) is 2.77. The number of rotatable bonds is 4. The fraction of sp³-hybridized carbons (Fsp3) is 0.471. The van der Waals surface area contributed by atoms with Gasteiger partial charge in [0.2, 0.25) is 5.91 Å². The number of aromatic nitrogens is 2. The molecule has 0 radical (unpaired) electrons. The second-order valence-electron chi connectivity index (χ2n) is 5.66. The van der Waals surface area contributed by atoms with Crippen LogP contribution in [0, 0.1) is 0 Å². The number of hydrogen-bond acceptors (Lipinski definition) is 5. The molecule has 0 saturated carbocycles. The molecule has 2 aromatic rings. The first-order valence-electron chi connectivity index (χ1n) is 8.14. The lowest BCUT2D eigenvalue weighted by Gasteiger charge is -2.29. The van der Waals surface area contributed by atoms with Gasteiger partial charge in [0.1, 0.15) is 0 Å². The van der Waals surface area contributed by atoms with Gasteiger partial charge in [-0.3, -0.25) is 14.2 Å². The Kier molecular flexibility index (Phi) is 5.20. The second-order valence-corrected chi connectivity index (χ2v) is 6.97. The third-order valence-electron chi connectivity index (χ3n) is 4.10. The van der Waals surface area contributed by atoms with E-state index in [0.717, 1.165) is 0 Å². The highest BCUT2D eigenvalue weighted by atomic mass is 32.2. The fourth-order valence-corrected chi connectivity index (χ4v) is 3.82. The number of ether oxygens (including phenoxy) is 1. The smallest absolute Gasteiger partial charge is 0.262 e. The number of carbonyl (C=O) groups is 1. The summed E-state index contributed by atoms with van der Waals surface area (Å²) in [6, 6.07) is 7.31. The molecule has 1 saturated heterocycles. The number of morpholine rings is 1. The minimum Gasteiger partial charge on any atom is -0.378 e. The highest BCUT2D eigenvalue weighted by Gasteiger charge is 2.25. The molecule has 0 bridgehead atoms. The van der Waals surface area contributed by atoms with Crippen LogP contribution in [0.1, 0.15) is 13.8 Å². The molecule has 0 spiro atoms. The summed E-state index contributed by atoms with van der Waals surface area (Å²) in [7, 11) is 0. The van der Waals surface area contributed by atoms with Gasteiger partial charge < -0.3 is 9.64 Å². The first kappa shape index (κ1) is 17.0. The summed E-state index contributed by atoms with van der Waals surface area (Å²) in [6.07, 6.45) is 0. The van der Waals surface area contributed by atoms with Crippen molar-refractivity contribution in [1.82, 2.24) is 14.5 Å². The van der Waals surface area contributed by atoms with Crippen molar-refractivity contribution in [2.75, 3.05) is 26.3 Å². The van der Waals surface area contributed by atoms with E-state index in [0.29, 0.717) is 48.9 Å². The Hall–Kier alpha value is -1.86. The number of benzene rings is 1. The van der Waals surface area contributed by atoms with Crippen LogP contribution in [-0.4, -0.2) is 51.9 Å². The average molecular weight is 347 g/mol. The number of para-hydroxylation sites is 1. The first-order valence-corrected chi connectivity index (χ1v) is 9.02. The number of fused-ring (bicyclic) bond motifs is 1. The van der Waals surface area contributed by atoms with Crippen LogP contribution in [0.15, 0.2) is 34.2 Å². The molecule has 6 nitrogen and oxygen atoms in total. The first-order chi connectivity index (χ1) is 11.6. The summed E-state index contributed by atoms with van der Waals surface area (Å²) in [5.41, 5.74) is 0.609. The molecule has 1 atom stereocenters. The van der Waals surface area contributed by atoms with Gasteiger partial charge >= 0.3 is 0 Å². The van der Waals surface area contributed by atoms with Gasteiger partial charge in [0.15, 0.2) is 5.16 Å². The topological polar surface area (TPSA) is 64.4 Å². The summed E-state index contributed by atoms with van der Waals surface area (Å²) in [6.45, 7) is 6.70. The van der Waals surface area contributed by atoms with Crippen molar-refractivity contribution in [2.45, 2.75) is 30.8 Å². The molecule has 7 heteroatoms. The van der Waals surface area contributed by atoms with Gasteiger partial charge in [0.05, 0.1) is 29.4 Å². The minimum absolute atomic E-state index is 0.0587. The highest BCUT2D eigenvalue weighted by molar-refractivity contribution is 8.00. The van der Waals surface area contributed by atoms with Crippen molar-refractivity contribution < 1.29 is 9.53 Å². The Morgan fingerprint density at radius 3 is 2.75 bits per heavy atom. The van der Waals surface area contributed by atoms with Crippen LogP contribution >= 0.6 is 11.8 Å². The predicted octanol–water partition coefficient (Wildman–Crippen LogP) is 1.76. The molecule has 1 unspecified atom stereocenters. The molecule has 1 fully saturated rings. The van der Waals surface area contributed by atoms with E-state index in [4.69, 9.17) is 4.74 Å². The average Bonchev–Trinajstić information content (AvgIpc) is 2.62. The third kappa shape index (κ3) is 3.32. The van der Waals surface area contributed by atoms with Crippen LogP contribution in [0.3, 0.4) is 0 Å². The van der Waals surface area contributed by atoms with Crippen LogP contribution < -0.4 is 5.56 Å². The molecular weight excluding hydrogens is 326 g/mol. The van der Waals surface area contributed by atoms with Crippen LogP contribution in [0.5, 0.6) is 0 Å². The van der Waals surface area contributed by atoms with E-state index in [-0.39, 0.29) is 16.7 Å². The van der Waals surface area contributed by atoms with Gasteiger partial charge in [0.25, 0.3) is 5.56 Å². The van der Waals surface area contributed by atoms with Crippen molar-refractivity contribution in [3.63, 3.8) is 0 Å². The molecule has 1 aromatic carbocycles. The maximum atomic E-state index is 12.6.